The van der Waals surface area contributed by atoms with Gasteiger partial charge in [-0.15, -0.1) is 0 Å². The Morgan fingerprint density at radius 1 is 1.33 bits per heavy atom. The van der Waals surface area contributed by atoms with Crippen molar-refractivity contribution in [3.05, 3.63) is 42.4 Å². The summed E-state index contributed by atoms with van der Waals surface area (Å²) in [7, 11) is 0. The molecule has 1 aromatic heterocycles. The minimum atomic E-state index is -0.638. The lowest BCUT2D eigenvalue weighted by Gasteiger charge is -2.15. The molecule has 0 radical (unpaired) electrons. The summed E-state index contributed by atoms with van der Waals surface area (Å²) in [6.45, 7) is 0. The maximum Gasteiger partial charge on any atom is 0.230 e. The van der Waals surface area contributed by atoms with Crippen LogP contribution in [0, 0.1) is 11.7 Å². The fourth-order valence-corrected chi connectivity index (χ4v) is 2.69. The van der Waals surface area contributed by atoms with Crippen LogP contribution in [-0.4, -0.2) is 17.1 Å². The van der Waals surface area contributed by atoms with E-state index in [1.165, 1.54) is 18.4 Å². The fraction of sp³-hybridized carbons (Fsp3) is 0.312. The summed E-state index contributed by atoms with van der Waals surface area (Å²) >= 11 is 0. The zero-order chi connectivity index (χ0) is 14.8. The summed E-state index contributed by atoms with van der Waals surface area (Å²) in [6.07, 6.45) is 2.96. The predicted molar refractivity (Wildman–Crippen MR) is 76.1 cm³/mol. The van der Waals surface area contributed by atoms with E-state index in [2.05, 4.69) is 5.32 Å². The van der Waals surface area contributed by atoms with Crippen molar-refractivity contribution in [2.45, 2.75) is 25.4 Å². The van der Waals surface area contributed by atoms with Gasteiger partial charge in [0.25, 0.3) is 0 Å². The third-order valence-electron chi connectivity index (χ3n) is 3.85. The van der Waals surface area contributed by atoms with Crippen LogP contribution >= 0.6 is 0 Å². The lowest BCUT2D eigenvalue weighted by Crippen LogP contribution is -2.29. The maximum absolute atomic E-state index is 13.8. The minimum Gasteiger partial charge on any atom is -0.464 e. The van der Waals surface area contributed by atoms with Crippen molar-refractivity contribution >= 4 is 11.6 Å². The zero-order valence-electron chi connectivity index (χ0n) is 11.4. The summed E-state index contributed by atoms with van der Waals surface area (Å²) in [6, 6.07) is 7.92. The van der Waals surface area contributed by atoms with Crippen molar-refractivity contribution < 1.29 is 18.7 Å². The van der Waals surface area contributed by atoms with Gasteiger partial charge in [0.05, 0.1) is 24.0 Å². The van der Waals surface area contributed by atoms with Crippen molar-refractivity contribution in [3.8, 4) is 11.3 Å². The monoisotopic (exact) mass is 289 g/mol. The third-order valence-corrected chi connectivity index (χ3v) is 3.85. The first-order chi connectivity index (χ1) is 10.1. The predicted octanol–water partition coefficient (Wildman–Crippen LogP) is 3.19. The van der Waals surface area contributed by atoms with E-state index in [4.69, 9.17) is 4.42 Å². The SMILES string of the molecule is O=C(Nc1cc(-c2ccco2)ccc1F)C1CCCC1O. The number of rotatable bonds is 3. The molecule has 0 saturated heterocycles. The number of carbonyl (C=O) groups excluding carboxylic acids is 1. The van der Waals surface area contributed by atoms with Gasteiger partial charge < -0.3 is 14.8 Å². The average molecular weight is 289 g/mol. The molecule has 2 N–H and O–H groups in total. The van der Waals surface area contributed by atoms with Gasteiger partial charge in [-0.3, -0.25) is 4.79 Å². The van der Waals surface area contributed by atoms with Crippen molar-refractivity contribution in [3.63, 3.8) is 0 Å². The van der Waals surface area contributed by atoms with E-state index in [0.29, 0.717) is 24.2 Å². The van der Waals surface area contributed by atoms with E-state index in [1.54, 1.807) is 18.2 Å². The van der Waals surface area contributed by atoms with Gasteiger partial charge in [-0.1, -0.05) is 0 Å². The fourth-order valence-electron chi connectivity index (χ4n) is 2.69. The molecule has 5 heteroatoms. The van der Waals surface area contributed by atoms with Gasteiger partial charge in [-0.2, -0.15) is 0 Å². The molecule has 2 aromatic rings. The van der Waals surface area contributed by atoms with E-state index >= 15 is 0 Å². The number of anilines is 1. The summed E-state index contributed by atoms with van der Waals surface area (Å²) in [5.41, 5.74) is 0.789. The van der Waals surface area contributed by atoms with Crippen LogP contribution in [0.5, 0.6) is 0 Å². The average Bonchev–Trinajstić information content (AvgIpc) is 3.12. The Morgan fingerprint density at radius 2 is 2.19 bits per heavy atom. The minimum absolute atomic E-state index is 0.105. The standard InChI is InChI=1S/C16H16FNO3/c17-12-7-6-10(15-5-2-8-21-15)9-13(12)18-16(20)11-3-1-4-14(11)19/h2,5-9,11,14,19H,1,3-4H2,(H,18,20). The quantitative estimate of drug-likeness (QED) is 0.912. The number of furan rings is 1. The number of halogens is 1. The van der Waals surface area contributed by atoms with E-state index in [-0.39, 0.29) is 11.6 Å². The maximum atomic E-state index is 13.8. The molecule has 21 heavy (non-hydrogen) atoms. The van der Waals surface area contributed by atoms with Gasteiger partial charge in [0.15, 0.2) is 0 Å². The van der Waals surface area contributed by atoms with Gasteiger partial charge >= 0.3 is 0 Å². The number of aliphatic hydroxyl groups is 1. The van der Waals surface area contributed by atoms with E-state index in [9.17, 15) is 14.3 Å². The Bertz CT molecular complexity index is 639. The van der Waals surface area contributed by atoms with Crippen molar-refractivity contribution in [1.29, 1.82) is 0 Å². The molecule has 2 atom stereocenters. The first kappa shape index (κ1) is 13.8. The second-order valence-corrected chi connectivity index (χ2v) is 5.27. The second kappa shape index (κ2) is 5.69. The topological polar surface area (TPSA) is 62.5 Å². The molecule has 110 valence electrons. The Hall–Kier alpha value is -2.14. The molecule has 1 heterocycles. The number of aliphatic hydroxyl groups excluding tert-OH is 1. The molecule has 1 aliphatic carbocycles. The van der Waals surface area contributed by atoms with Crippen molar-refractivity contribution in [2.75, 3.05) is 5.32 Å². The molecular weight excluding hydrogens is 273 g/mol. The number of hydrogen-bond donors (Lipinski definition) is 2. The van der Waals surface area contributed by atoms with Crippen LogP contribution in [0.2, 0.25) is 0 Å². The van der Waals surface area contributed by atoms with Crippen molar-refractivity contribution in [2.24, 2.45) is 5.92 Å². The number of benzene rings is 1. The molecule has 0 spiro atoms. The molecule has 1 fully saturated rings. The van der Waals surface area contributed by atoms with E-state index in [0.717, 1.165) is 6.42 Å². The van der Waals surface area contributed by atoms with Crippen LogP contribution in [0.25, 0.3) is 11.3 Å². The molecule has 1 saturated carbocycles. The van der Waals surface area contributed by atoms with Crippen LogP contribution in [-0.2, 0) is 4.79 Å². The molecule has 1 aliphatic rings. The zero-order valence-corrected chi connectivity index (χ0v) is 11.4. The molecule has 0 aliphatic heterocycles. The number of carbonyl (C=O) groups is 1. The smallest absolute Gasteiger partial charge is 0.230 e. The summed E-state index contributed by atoms with van der Waals surface area (Å²) in [4.78, 5) is 12.1. The van der Waals surface area contributed by atoms with Crippen LogP contribution in [0.3, 0.4) is 0 Å². The Kier molecular flexibility index (Phi) is 3.75. The first-order valence-electron chi connectivity index (χ1n) is 6.97. The number of hydrogen-bond acceptors (Lipinski definition) is 3. The molecule has 4 nitrogen and oxygen atoms in total. The lowest BCUT2D eigenvalue weighted by atomic mass is 10.0. The second-order valence-electron chi connectivity index (χ2n) is 5.27. The molecule has 2 unspecified atom stereocenters. The highest BCUT2D eigenvalue weighted by atomic mass is 19.1. The van der Waals surface area contributed by atoms with E-state index < -0.39 is 17.8 Å². The molecular formula is C16H16FNO3. The normalized spacial score (nSPS) is 21.4. The van der Waals surface area contributed by atoms with Crippen LogP contribution in [0.15, 0.2) is 41.0 Å². The first-order valence-corrected chi connectivity index (χ1v) is 6.97. The van der Waals surface area contributed by atoms with Gasteiger partial charge in [0.2, 0.25) is 5.91 Å². The Labute approximate surface area is 121 Å². The van der Waals surface area contributed by atoms with Crippen molar-refractivity contribution in [1.82, 2.24) is 0 Å². The van der Waals surface area contributed by atoms with Crippen LogP contribution < -0.4 is 5.32 Å². The highest BCUT2D eigenvalue weighted by Crippen LogP contribution is 2.29. The highest BCUT2D eigenvalue weighted by Gasteiger charge is 2.31. The summed E-state index contributed by atoms with van der Waals surface area (Å²) in [5.74, 6) is -0.704. The van der Waals surface area contributed by atoms with Crippen LogP contribution in [0.4, 0.5) is 10.1 Å². The molecule has 1 amide bonds. The lowest BCUT2D eigenvalue weighted by molar-refractivity contribution is -0.122. The van der Waals surface area contributed by atoms with Crippen LogP contribution in [0.1, 0.15) is 19.3 Å². The summed E-state index contributed by atoms with van der Waals surface area (Å²) < 4.78 is 19.1. The third kappa shape index (κ3) is 2.83. The Morgan fingerprint density at radius 3 is 2.86 bits per heavy atom. The van der Waals surface area contributed by atoms with Gasteiger partial charge in [0.1, 0.15) is 11.6 Å². The van der Waals surface area contributed by atoms with Gasteiger partial charge in [0, 0.05) is 5.56 Å². The van der Waals surface area contributed by atoms with Gasteiger partial charge in [-0.25, -0.2) is 4.39 Å². The molecule has 3 rings (SSSR count). The highest BCUT2D eigenvalue weighted by molar-refractivity contribution is 5.93. The molecule has 1 aromatic carbocycles. The number of nitrogens with one attached hydrogen (secondary N) is 1. The van der Waals surface area contributed by atoms with E-state index in [1.807, 2.05) is 0 Å². The van der Waals surface area contributed by atoms with Gasteiger partial charge in [-0.05, 0) is 49.6 Å². The summed E-state index contributed by atoms with van der Waals surface area (Å²) in [5, 5.41) is 12.3. The largest absolute Gasteiger partial charge is 0.464 e. The molecule has 0 bridgehead atoms. The Balaban J connectivity index is 1.81. The number of amides is 1.